The smallest absolute Gasteiger partial charge is 0.241 e. The third kappa shape index (κ3) is 8.79. The summed E-state index contributed by atoms with van der Waals surface area (Å²) in [5, 5.41) is 4.78. The van der Waals surface area contributed by atoms with Crippen molar-refractivity contribution < 1.29 is 23.6 Å². The van der Waals surface area contributed by atoms with Crippen molar-refractivity contribution in [2.45, 2.75) is 31.3 Å². The second kappa shape index (κ2) is 14.6. The summed E-state index contributed by atoms with van der Waals surface area (Å²) in [6.45, 7) is 0.920. The van der Waals surface area contributed by atoms with Crippen LogP contribution in [0.3, 0.4) is 0 Å². The zero-order valence-corrected chi connectivity index (χ0v) is 22.1. The van der Waals surface area contributed by atoms with Gasteiger partial charge < -0.3 is 21.7 Å². The van der Waals surface area contributed by atoms with E-state index in [4.69, 9.17) is 20.7 Å². The number of carbonyl (C=O) groups is 3. The molecule has 2 amide bonds. The van der Waals surface area contributed by atoms with Crippen LogP contribution < -0.4 is 16.8 Å². The van der Waals surface area contributed by atoms with Crippen LogP contribution in [0.5, 0.6) is 0 Å². The molecule has 1 aromatic carbocycles. The van der Waals surface area contributed by atoms with Gasteiger partial charge in [0.15, 0.2) is 11.0 Å². The second-order valence-corrected chi connectivity index (χ2v) is 9.83. The van der Waals surface area contributed by atoms with Gasteiger partial charge in [0.05, 0.1) is 19.7 Å². The lowest BCUT2D eigenvalue weighted by Gasteiger charge is -2.38. The van der Waals surface area contributed by atoms with Gasteiger partial charge in [-0.3, -0.25) is 19.4 Å². The molecular formula is C23H31N7O5S2. The number of nitrogens with two attached hydrogens (primary N) is 2. The Morgan fingerprint density at radius 3 is 2.76 bits per heavy atom. The van der Waals surface area contributed by atoms with Gasteiger partial charge in [0.25, 0.3) is 0 Å². The van der Waals surface area contributed by atoms with Gasteiger partial charge in [0.2, 0.25) is 17.6 Å². The number of amides is 2. The first-order chi connectivity index (χ1) is 17.9. The average molecular weight is 550 g/mol. The summed E-state index contributed by atoms with van der Waals surface area (Å²) in [7, 11) is 1.39. The molecule has 2 aromatic rings. The van der Waals surface area contributed by atoms with E-state index in [2.05, 4.69) is 15.3 Å². The molecule has 5 N–H and O–H groups in total. The van der Waals surface area contributed by atoms with E-state index < -0.39 is 18.0 Å². The van der Waals surface area contributed by atoms with Crippen LogP contribution in [0, 0.1) is 0 Å². The van der Waals surface area contributed by atoms with E-state index in [0.29, 0.717) is 43.9 Å². The van der Waals surface area contributed by atoms with Crippen LogP contribution >= 0.6 is 23.6 Å². The van der Waals surface area contributed by atoms with Crippen molar-refractivity contribution in [2.24, 2.45) is 16.5 Å². The Bertz CT molecular complexity index is 1050. The molecule has 1 aromatic heterocycles. The first kappa shape index (κ1) is 28.5. The van der Waals surface area contributed by atoms with Gasteiger partial charge in [-0.1, -0.05) is 30.3 Å². The number of aromatic nitrogens is 1. The van der Waals surface area contributed by atoms with Crippen molar-refractivity contribution in [1.29, 1.82) is 0 Å². The highest BCUT2D eigenvalue weighted by Gasteiger charge is 2.37. The number of guanidine groups is 1. The molecule has 0 radical (unpaired) electrons. The van der Waals surface area contributed by atoms with Crippen LogP contribution in [-0.2, 0) is 25.2 Å². The maximum atomic E-state index is 13.4. The molecule has 2 heterocycles. The Kier molecular flexibility index (Phi) is 11.3. The van der Waals surface area contributed by atoms with Crippen LogP contribution in [0.15, 0.2) is 46.9 Å². The molecule has 1 fully saturated rings. The van der Waals surface area contributed by atoms with E-state index in [9.17, 15) is 14.4 Å². The second-order valence-electron chi connectivity index (χ2n) is 8.19. The van der Waals surface area contributed by atoms with Gasteiger partial charge in [-0.15, -0.1) is 15.7 Å². The lowest BCUT2D eigenvalue weighted by atomic mass is 10.0. The molecular weight excluding hydrogens is 518 g/mol. The van der Waals surface area contributed by atoms with Crippen molar-refractivity contribution in [2.75, 3.05) is 33.3 Å². The number of benzene rings is 1. The monoisotopic (exact) mass is 549 g/mol. The lowest BCUT2D eigenvalue weighted by molar-refractivity contribution is -0.166. The van der Waals surface area contributed by atoms with Gasteiger partial charge in [0.1, 0.15) is 18.3 Å². The molecule has 14 heteroatoms. The third-order valence-electron chi connectivity index (χ3n) is 5.58. The number of Topliss-reactive ketones (excluding diaryl/α,β-unsaturated/α-hetero) is 1. The molecule has 1 saturated heterocycles. The van der Waals surface area contributed by atoms with Gasteiger partial charge in [-0.2, -0.15) is 0 Å². The fourth-order valence-corrected chi connectivity index (χ4v) is 5.04. The standard InChI is InChI=1S/C23H31N7O5S2/c1-34-35-37-30-12-11-29(22(33)18(30)14-16-6-3-2-4-7-16)15-19(31)28-17(8-5-9-27-23(24)25)20(32)21-26-10-13-36-21/h2-4,6-7,10,13,17-18H,5,8-9,11-12,14-15H2,1H3,(H,28,31)(H4,24,25,27)/t17-,18+/m0/s1. The van der Waals surface area contributed by atoms with Gasteiger partial charge in [0, 0.05) is 31.2 Å². The molecule has 1 aliphatic heterocycles. The Morgan fingerprint density at radius 1 is 1.30 bits per heavy atom. The maximum absolute atomic E-state index is 13.4. The highest BCUT2D eigenvalue weighted by molar-refractivity contribution is 7.92. The minimum atomic E-state index is -0.810. The van der Waals surface area contributed by atoms with E-state index in [0.717, 1.165) is 17.8 Å². The summed E-state index contributed by atoms with van der Waals surface area (Å²) in [6.07, 6.45) is 2.78. The third-order valence-corrected chi connectivity index (χ3v) is 7.19. The highest BCUT2D eigenvalue weighted by atomic mass is 32.2. The van der Waals surface area contributed by atoms with Crippen LogP contribution in [0.1, 0.15) is 28.2 Å². The number of piperazine rings is 1. The SMILES string of the molecule is COOSN1CCN(CC(=O)N[C@@H](CCCN=C(N)N)C(=O)c2nccs2)C(=O)[C@H]1Cc1ccccc1. The summed E-state index contributed by atoms with van der Waals surface area (Å²) >= 11 is 2.16. The minimum Gasteiger partial charge on any atom is -0.370 e. The summed E-state index contributed by atoms with van der Waals surface area (Å²) < 4.78 is 6.80. The summed E-state index contributed by atoms with van der Waals surface area (Å²) in [4.78, 5) is 53.5. The van der Waals surface area contributed by atoms with Gasteiger partial charge in [-0.05, 0) is 24.8 Å². The van der Waals surface area contributed by atoms with E-state index in [1.807, 2.05) is 30.3 Å². The molecule has 0 saturated carbocycles. The molecule has 0 spiro atoms. The normalized spacial score (nSPS) is 16.8. The van der Waals surface area contributed by atoms with Crippen LogP contribution in [-0.4, -0.2) is 83.1 Å². The summed E-state index contributed by atoms with van der Waals surface area (Å²) in [5.74, 6) is -0.978. The number of nitrogens with one attached hydrogen (secondary N) is 1. The zero-order chi connectivity index (χ0) is 26.6. The fourth-order valence-electron chi connectivity index (χ4n) is 3.84. The largest absolute Gasteiger partial charge is 0.370 e. The molecule has 37 heavy (non-hydrogen) atoms. The van der Waals surface area contributed by atoms with E-state index in [1.165, 1.54) is 29.5 Å². The number of carbonyl (C=O) groups excluding carboxylic acids is 3. The number of ketones is 1. The Balaban J connectivity index is 1.66. The van der Waals surface area contributed by atoms with Crippen molar-refractivity contribution in [3.63, 3.8) is 0 Å². The molecule has 2 atom stereocenters. The van der Waals surface area contributed by atoms with Gasteiger partial charge in [-0.25, -0.2) is 14.2 Å². The quantitative estimate of drug-likeness (QED) is 0.0448. The highest BCUT2D eigenvalue weighted by Crippen LogP contribution is 2.24. The fraction of sp³-hybridized carbons (Fsp3) is 0.435. The predicted molar refractivity (Wildman–Crippen MR) is 141 cm³/mol. The van der Waals surface area contributed by atoms with Gasteiger partial charge >= 0.3 is 0 Å². The zero-order valence-electron chi connectivity index (χ0n) is 20.4. The topological polar surface area (TPSA) is 165 Å². The number of thiazole rings is 1. The lowest BCUT2D eigenvalue weighted by Crippen LogP contribution is -2.58. The Labute approximate surface area is 223 Å². The molecule has 0 aliphatic carbocycles. The van der Waals surface area contributed by atoms with Crippen molar-refractivity contribution >= 4 is 47.1 Å². The molecule has 12 nitrogen and oxygen atoms in total. The van der Waals surface area contributed by atoms with Crippen molar-refractivity contribution in [3.05, 3.63) is 52.5 Å². The minimum absolute atomic E-state index is 0.0383. The van der Waals surface area contributed by atoms with Crippen LogP contribution in [0.4, 0.5) is 0 Å². The van der Waals surface area contributed by atoms with Crippen molar-refractivity contribution in [3.8, 4) is 0 Å². The summed E-state index contributed by atoms with van der Waals surface area (Å²) in [5.41, 5.74) is 11.7. The number of rotatable bonds is 14. The van der Waals surface area contributed by atoms with E-state index in [-0.39, 0.29) is 24.2 Å². The van der Waals surface area contributed by atoms with E-state index >= 15 is 0 Å². The van der Waals surface area contributed by atoms with E-state index in [1.54, 1.807) is 9.69 Å². The Hall–Kier alpha value is -3.04. The average Bonchev–Trinajstić information content (AvgIpc) is 3.43. The first-order valence-corrected chi connectivity index (χ1v) is 13.2. The first-order valence-electron chi connectivity index (χ1n) is 11.6. The number of aliphatic imine (C=N–C) groups is 1. The maximum Gasteiger partial charge on any atom is 0.241 e. The number of nitrogens with zero attached hydrogens (tertiary/aromatic N) is 4. The van der Waals surface area contributed by atoms with Crippen molar-refractivity contribution in [1.82, 2.24) is 19.5 Å². The number of hydrogen-bond donors (Lipinski definition) is 3. The summed E-state index contributed by atoms with van der Waals surface area (Å²) in [6, 6.07) is 8.23. The van der Waals surface area contributed by atoms with Crippen LogP contribution in [0.25, 0.3) is 0 Å². The number of hydrogen-bond acceptors (Lipinski definition) is 10. The Morgan fingerprint density at radius 2 is 2.08 bits per heavy atom. The molecule has 1 aliphatic rings. The molecule has 3 rings (SSSR count). The predicted octanol–water partition coefficient (Wildman–Crippen LogP) is 0.761. The molecule has 0 unspecified atom stereocenters. The van der Waals surface area contributed by atoms with Crippen LogP contribution in [0.2, 0.25) is 0 Å². The molecule has 200 valence electrons. The molecule has 0 bridgehead atoms.